The Balaban J connectivity index is 1.91. The Morgan fingerprint density at radius 1 is 1.43 bits per heavy atom. The molecule has 9 heteroatoms. The van der Waals surface area contributed by atoms with E-state index in [2.05, 4.69) is 0 Å². The van der Waals surface area contributed by atoms with Gasteiger partial charge in [-0.1, -0.05) is 41.6 Å². The Hall–Kier alpha value is -0.960. The topological polar surface area (TPSA) is 54.5 Å². The van der Waals surface area contributed by atoms with Crippen molar-refractivity contribution in [1.82, 2.24) is 4.90 Å². The molecule has 0 spiro atoms. The lowest BCUT2D eigenvalue weighted by Gasteiger charge is -2.20. The van der Waals surface area contributed by atoms with E-state index in [0.29, 0.717) is 6.42 Å². The number of benzene rings is 1. The first kappa shape index (κ1) is 16.9. The number of sulfone groups is 1. The van der Waals surface area contributed by atoms with Gasteiger partial charge in [-0.3, -0.25) is 9.69 Å². The van der Waals surface area contributed by atoms with Crippen molar-refractivity contribution >= 4 is 61.7 Å². The average molecular weight is 392 g/mol. The lowest BCUT2D eigenvalue weighted by atomic mass is 10.2. The number of hydrogen-bond acceptors (Lipinski definition) is 5. The van der Waals surface area contributed by atoms with Crippen molar-refractivity contribution < 1.29 is 17.6 Å². The summed E-state index contributed by atoms with van der Waals surface area (Å²) in [7, 11) is -3.13. The molecule has 2 heterocycles. The summed E-state index contributed by atoms with van der Waals surface area (Å²) in [6.07, 6.45) is 1.73. The number of carbonyl (C=O) groups excluding carboxylic acids is 1. The predicted octanol–water partition coefficient (Wildman–Crippen LogP) is 2.87. The highest BCUT2D eigenvalue weighted by molar-refractivity contribution is 8.26. The summed E-state index contributed by atoms with van der Waals surface area (Å²) in [6, 6.07) is 3.81. The molecule has 0 radical (unpaired) electrons. The van der Waals surface area contributed by atoms with Crippen molar-refractivity contribution in [2.24, 2.45) is 0 Å². The van der Waals surface area contributed by atoms with Crippen LogP contribution in [0.15, 0.2) is 23.1 Å². The summed E-state index contributed by atoms with van der Waals surface area (Å²) < 4.78 is 37.3. The highest BCUT2D eigenvalue weighted by atomic mass is 35.5. The molecular formula is C14H11ClFNO3S3. The first-order valence-electron chi connectivity index (χ1n) is 6.70. The summed E-state index contributed by atoms with van der Waals surface area (Å²) in [5, 5.41) is 0.193. The largest absolute Gasteiger partial charge is 0.289 e. The second-order valence-electron chi connectivity index (χ2n) is 5.24. The minimum atomic E-state index is -3.13. The first-order chi connectivity index (χ1) is 10.8. The Bertz CT molecular complexity index is 817. The van der Waals surface area contributed by atoms with E-state index < -0.39 is 27.6 Å². The van der Waals surface area contributed by atoms with E-state index in [0.717, 1.165) is 11.8 Å². The second kappa shape index (κ2) is 6.16. The second-order valence-corrected chi connectivity index (χ2v) is 9.56. The van der Waals surface area contributed by atoms with E-state index in [9.17, 15) is 17.6 Å². The molecule has 0 aliphatic carbocycles. The average Bonchev–Trinajstić information content (AvgIpc) is 2.94. The molecule has 2 saturated heterocycles. The molecule has 1 aromatic rings. The summed E-state index contributed by atoms with van der Waals surface area (Å²) in [6.45, 7) is 0. The third-order valence-electron chi connectivity index (χ3n) is 3.67. The maximum Gasteiger partial charge on any atom is 0.266 e. The van der Waals surface area contributed by atoms with Gasteiger partial charge >= 0.3 is 0 Å². The van der Waals surface area contributed by atoms with Crippen molar-refractivity contribution in [3.63, 3.8) is 0 Å². The molecule has 1 amide bonds. The number of rotatable bonds is 2. The highest BCUT2D eigenvalue weighted by Crippen LogP contribution is 2.37. The van der Waals surface area contributed by atoms with Crippen molar-refractivity contribution in [3.8, 4) is 0 Å². The number of amides is 1. The van der Waals surface area contributed by atoms with Crippen LogP contribution in [0.4, 0.5) is 4.39 Å². The molecule has 0 N–H and O–H groups in total. The van der Waals surface area contributed by atoms with Crippen LogP contribution in [0.25, 0.3) is 6.08 Å². The molecule has 4 nitrogen and oxygen atoms in total. The number of hydrogen-bond donors (Lipinski definition) is 0. The van der Waals surface area contributed by atoms with Gasteiger partial charge in [0.2, 0.25) is 0 Å². The Morgan fingerprint density at radius 3 is 2.78 bits per heavy atom. The lowest BCUT2D eigenvalue weighted by molar-refractivity contribution is -0.123. The van der Waals surface area contributed by atoms with Gasteiger partial charge in [0.05, 0.1) is 27.5 Å². The van der Waals surface area contributed by atoms with E-state index >= 15 is 0 Å². The number of carbonyl (C=O) groups is 1. The summed E-state index contributed by atoms with van der Waals surface area (Å²) in [5.41, 5.74) is 0.119. The zero-order chi connectivity index (χ0) is 16.8. The summed E-state index contributed by atoms with van der Waals surface area (Å²) in [5.74, 6) is -0.979. The number of thioether (sulfide) groups is 1. The van der Waals surface area contributed by atoms with Crippen LogP contribution < -0.4 is 0 Å². The van der Waals surface area contributed by atoms with Crippen LogP contribution in [-0.2, 0) is 14.6 Å². The number of nitrogens with zero attached hydrogens (tertiary/aromatic N) is 1. The van der Waals surface area contributed by atoms with E-state index in [-0.39, 0.29) is 31.3 Å². The van der Waals surface area contributed by atoms with Gasteiger partial charge in [0.25, 0.3) is 5.91 Å². The lowest BCUT2D eigenvalue weighted by Crippen LogP contribution is -2.39. The Labute approximate surface area is 147 Å². The molecule has 2 aliphatic heterocycles. The van der Waals surface area contributed by atoms with E-state index in [4.69, 9.17) is 23.8 Å². The van der Waals surface area contributed by atoms with Gasteiger partial charge in [0, 0.05) is 5.56 Å². The maximum atomic E-state index is 13.9. The normalized spacial score (nSPS) is 25.6. The molecule has 0 bridgehead atoms. The van der Waals surface area contributed by atoms with Crippen LogP contribution >= 0.6 is 35.6 Å². The van der Waals surface area contributed by atoms with Crippen molar-refractivity contribution in [2.75, 3.05) is 11.5 Å². The molecule has 23 heavy (non-hydrogen) atoms. The predicted molar refractivity (Wildman–Crippen MR) is 93.5 cm³/mol. The van der Waals surface area contributed by atoms with Crippen LogP contribution in [-0.4, -0.2) is 41.1 Å². The number of halogens is 2. The van der Waals surface area contributed by atoms with Crippen LogP contribution in [0.3, 0.4) is 0 Å². The molecule has 1 atom stereocenters. The van der Waals surface area contributed by atoms with Crippen LogP contribution in [0.2, 0.25) is 5.02 Å². The van der Waals surface area contributed by atoms with Gasteiger partial charge in [0.1, 0.15) is 10.1 Å². The Kier molecular flexibility index (Phi) is 4.52. The van der Waals surface area contributed by atoms with E-state index in [1.54, 1.807) is 0 Å². The molecule has 2 aliphatic rings. The van der Waals surface area contributed by atoms with Gasteiger partial charge < -0.3 is 0 Å². The zero-order valence-corrected chi connectivity index (χ0v) is 14.9. The van der Waals surface area contributed by atoms with Gasteiger partial charge in [-0.05, 0) is 24.6 Å². The molecule has 1 aromatic carbocycles. The highest BCUT2D eigenvalue weighted by Gasteiger charge is 2.42. The SMILES string of the molecule is O=C1/C(=C/c2c(F)cccc2Cl)SC(=S)N1[C@H]1CCS(=O)(=O)C1. The first-order valence-corrected chi connectivity index (χ1v) is 10.1. The minimum Gasteiger partial charge on any atom is -0.289 e. The quantitative estimate of drug-likeness (QED) is 0.573. The summed E-state index contributed by atoms with van der Waals surface area (Å²) >= 11 is 12.2. The van der Waals surface area contributed by atoms with Crippen molar-refractivity contribution in [2.45, 2.75) is 12.5 Å². The standard InChI is InChI=1S/C14H11ClFNO3S3/c15-10-2-1-3-11(16)9(10)6-12-13(18)17(14(21)22-12)8-4-5-23(19,20)7-8/h1-3,6,8H,4-5,7H2/b12-6-/t8-/m0/s1. The van der Waals surface area contributed by atoms with Crippen LogP contribution in [0.1, 0.15) is 12.0 Å². The summed E-state index contributed by atoms with van der Waals surface area (Å²) in [4.78, 5) is 14.1. The fourth-order valence-electron chi connectivity index (χ4n) is 2.55. The minimum absolute atomic E-state index is 0.0485. The van der Waals surface area contributed by atoms with Crippen LogP contribution in [0.5, 0.6) is 0 Å². The monoisotopic (exact) mass is 391 g/mol. The van der Waals surface area contributed by atoms with Crippen molar-refractivity contribution in [1.29, 1.82) is 0 Å². The number of thiocarbonyl (C=S) groups is 1. The third-order valence-corrected chi connectivity index (χ3v) is 7.08. The molecule has 2 fully saturated rings. The van der Waals surface area contributed by atoms with Gasteiger partial charge in [-0.2, -0.15) is 0 Å². The molecule has 0 unspecified atom stereocenters. The van der Waals surface area contributed by atoms with Gasteiger partial charge in [-0.15, -0.1) is 0 Å². The van der Waals surface area contributed by atoms with Gasteiger partial charge in [0.15, 0.2) is 9.84 Å². The van der Waals surface area contributed by atoms with E-state index in [1.165, 1.54) is 29.2 Å². The smallest absolute Gasteiger partial charge is 0.266 e. The molecule has 0 saturated carbocycles. The van der Waals surface area contributed by atoms with E-state index in [1.807, 2.05) is 0 Å². The fraction of sp³-hybridized carbons (Fsp3) is 0.286. The van der Waals surface area contributed by atoms with Gasteiger partial charge in [-0.25, -0.2) is 12.8 Å². The molecular weight excluding hydrogens is 381 g/mol. The third kappa shape index (κ3) is 3.31. The van der Waals surface area contributed by atoms with Crippen molar-refractivity contribution in [3.05, 3.63) is 39.5 Å². The molecule has 122 valence electrons. The molecule has 3 rings (SSSR count). The van der Waals surface area contributed by atoms with Crippen LogP contribution in [0, 0.1) is 5.82 Å². The molecule has 0 aromatic heterocycles. The maximum absolute atomic E-state index is 13.9. The zero-order valence-electron chi connectivity index (χ0n) is 11.7. The fourth-order valence-corrected chi connectivity index (χ4v) is 5.85. The Morgan fingerprint density at radius 2 is 2.17 bits per heavy atom.